The van der Waals surface area contributed by atoms with Gasteiger partial charge in [-0.3, -0.25) is 4.79 Å². The van der Waals surface area contributed by atoms with Crippen molar-refractivity contribution in [3.05, 3.63) is 24.8 Å². The van der Waals surface area contributed by atoms with Crippen molar-refractivity contribution in [1.82, 2.24) is 0 Å². The molecule has 10 heavy (non-hydrogen) atoms. The van der Waals surface area contributed by atoms with E-state index in [0.29, 0.717) is 0 Å². The summed E-state index contributed by atoms with van der Waals surface area (Å²) in [5, 5.41) is 8.37. The van der Waals surface area contributed by atoms with Crippen LogP contribution in [0.5, 0.6) is 0 Å². The van der Waals surface area contributed by atoms with Crippen molar-refractivity contribution in [3.63, 3.8) is 0 Å². The Hall–Kier alpha value is -1.36. The number of nitriles is 1. The second-order valence-corrected chi connectivity index (χ2v) is 1.84. The lowest BCUT2D eigenvalue weighted by molar-refractivity contribution is -0.118. The molecule has 0 bridgehead atoms. The molecule has 0 fully saturated rings. The number of ketones is 1. The minimum atomic E-state index is -0.613. The maximum atomic E-state index is 10.6. The van der Waals surface area contributed by atoms with Crippen LogP contribution in [0.2, 0.25) is 0 Å². The van der Waals surface area contributed by atoms with Gasteiger partial charge in [0, 0.05) is 0 Å². The standard InChI is InChI=1S/C8H9NO/c1-3-4-5-8(6-9)7(2)10/h3-5,8H,1H2,2H3/b5-4-. The molecule has 0 saturated heterocycles. The third kappa shape index (κ3) is 2.83. The quantitative estimate of drug-likeness (QED) is 0.549. The summed E-state index contributed by atoms with van der Waals surface area (Å²) < 4.78 is 0. The predicted octanol–water partition coefficient (Wildman–Crippen LogP) is 1.46. The van der Waals surface area contributed by atoms with Gasteiger partial charge in [-0.25, -0.2) is 0 Å². The first kappa shape index (κ1) is 8.64. The van der Waals surface area contributed by atoms with E-state index in [1.54, 1.807) is 6.08 Å². The number of allylic oxidation sites excluding steroid dienone is 3. The average molecular weight is 135 g/mol. The molecule has 0 saturated carbocycles. The second-order valence-electron chi connectivity index (χ2n) is 1.84. The molecule has 1 atom stereocenters. The molecule has 0 spiro atoms. The highest BCUT2D eigenvalue weighted by molar-refractivity contribution is 5.82. The van der Waals surface area contributed by atoms with E-state index in [2.05, 4.69) is 6.58 Å². The van der Waals surface area contributed by atoms with Crippen LogP contribution >= 0.6 is 0 Å². The van der Waals surface area contributed by atoms with Crippen LogP contribution in [0.25, 0.3) is 0 Å². The normalized spacial score (nSPS) is 12.4. The van der Waals surface area contributed by atoms with Crippen molar-refractivity contribution in [1.29, 1.82) is 5.26 Å². The molecule has 0 aromatic carbocycles. The molecular weight excluding hydrogens is 126 g/mol. The molecule has 2 heteroatoms. The Morgan fingerprint density at radius 3 is 2.70 bits per heavy atom. The van der Waals surface area contributed by atoms with Gasteiger partial charge in [-0.15, -0.1) is 0 Å². The molecule has 0 rings (SSSR count). The van der Waals surface area contributed by atoms with Gasteiger partial charge >= 0.3 is 0 Å². The second kappa shape index (κ2) is 4.51. The lowest BCUT2D eigenvalue weighted by Gasteiger charge is -1.92. The maximum absolute atomic E-state index is 10.6. The van der Waals surface area contributed by atoms with E-state index in [-0.39, 0.29) is 5.78 Å². The number of rotatable bonds is 3. The smallest absolute Gasteiger partial charge is 0.150 e. The highest BCUT2D eigenvalue weighted by Crippen LogP contribution is 1.97. The summed E-state index contributed by atoms with van der Waals surface area (Å²) in [5.74, 6) is -0.751. The molecule has 0 heterocycles. The van der Waals surface area contributed by atoms with Crippen molar-refractivity contribution >= 4 is 5.78 Å². The monoisotopic (exact) mass is 135 g/mol. The summed E-state index contributed by atoms with van der Waals surface area (Å²) in [6.45, 7) is 4.81. The van der Waals surface area contributed by atoms with Crippen LogP contribution in [0.1, 0.15) is 6.92 Å². The summed E-state index contributed by atoms with van der Waals surface area (Å²) in [4.78, 5) is 10.6. The van der Waals surface area contributed by atoms with Crippen LogP contribution in [-0.4, -0.2) is 5.78 Å². The molecule has 2 nitrogen and oxygen atoms in total. The van der Waals surface area contributed by atoms with Gasteiger partial charge in [0.1, 0.15) is 5.92 Å². The van der Waals surface area contributed by atoms with Crippen molar-refractivity contribution in [3.8, 4) is 6.07 Å². The van der Waals surface area contributed by atoms with Crippen LogP contribution in [0.15, 0.2) is 24.8 Å². The Labute approximate surface area is 60.5 Å². The molecule has 0 aliphatic rings. The molecule has 0 aromatic rings. The zero-order valence-corrected chi connectivity index (χ0v) is 5.87. The van der Waals surface area contributed by atoms with E-state index in [1.165, 1.54) is 19.1 Å². The molecule has 0 aliphatic carbocycles. The molecule has 0 aromatic heterocycles. The SMILES string of the molecule is C=C/C=C\C(C#N)C(C)=O. The number of carbonyl (C=O) groups excluding carboxylic acids is 1. The van der Waals surface area contributed by atoms with E-state index in [9.17, 15) is 4.79 Å². The Balaban J connectivity index is 4.12. The summed E-state index contributed by atoms with van der Waals surface area (Å²) in [7, 11) is 0. The van der Waals surface area contributed by atoms with Crippen LogP contribution in [0.3, 0.4) is 0 Å². The van der Waals surface area contributed by atoms with E-state index >= 15 is 0 Å². The predicted molar refractivity (Wildman–Crippen MR) is 39.1 cm³/mol. The Morgan fingerprint density at radius 1 is 1.80 bits per heavy atom. The minimum Gasteiger partial charge on any atom is -0.298 e. The summed E-state index contributed by atoms with van der Waals surface area (Å²) in [6.07, 6.45) is 4.65. The lowest BCUT2D eigenvalue weighted by Crippen LogP contribution is -2.03. The number of hydrogen-bond donors (Lipinski definition) is 0. The van der Waals surface area contributed by atoms with Gasteiger partial charge in [0.15, 0.2) is 5.78 Å². The van der Waals surface area contributed by atoms with Gasteiger partial charge in [0.2, 0.25) is 0 Å². The fourth-order valence-corrected chi connectivity index (χ4v) is 0.459. The number of hydrogen-bond acceptors (Lipinski definition) is 2. The molecular formula is C8H9NO. The van der Waals surface area contributed by atoms with Gasteiger partial charge in [0.25, 0.3) is 0 Å². The lowest BCUT2D eigenvalue weighted by atomic mass is 10.1. The Morgan fingerprint density at radius 2 is 2.40 bits per heavy atom. The Bertz CT molecular complexity index is 198. The first-order valence-corrected chi connectivity index (χ1v) is 2.91. The van der Waals surface area contributed by atoms with Gasteiger partial charge in [-0.05, 0) is 6.92 Å². The molecule has 0 N–H and O–H groups in total. The van der Waals surface area contributed by atoms with Gasteiger partial charge < -0.3 is 0 Å². The first-order valence-electron chi connectivity index (χ1n) is 2.91. The van der Waals surface area contributed by atoms with Crippen LogP contribution in [0.4, 0.5) is 0 Å². The van der Waals surface area contributed by atoms with E-state index in [4.69, 9.17) is 5.26 Å². The highest BCUT2D eigenvalue weighted by atomic mass is 16.1. The first-order chi connectivity index (χ1) is 4.72. The van der Waals surface area contributed by atoms with E-state index < -0.39 is 5.92 Å². The van der Waals surface area contributed by atoms with Crippen molar-refractivity contribution < 1.29 is 4.79 Å². The number of nitrogens with zero attached hydrogens (tertiary/aromatic N) is 1. The van der Waals surface area contributed by atoms with Crippen molar-refractivity contribution in [2.75, 3.05) is 0 Å². The van der Waals surface area contributed by atoms with Gasteiger partial charge in [-0.1, -0.05) is 24.8 Å². The van der Waals surface area contributed by atoms with Crippen LogP contribution in [-0.2, 0) is 4.79 Å². The van der Waals surface area contributed by atoms with Crippen molar-refractivity contribution in [2.45, 2.75) is 6.92 Å². The van der Waals surface area contributed by atoms with E-state index in [1.807, 2.05) is 6.07 Å². The topological polar surface area (TPSA) is 40.9 Å². The fraction of sp³-hybridized carbons (Fsp3) is 0.250. The summed E-state index contributed by atoms with van der Waals surface area (Å²) >= 11 is 0. The molecule has 0 aliphatic heterocycles. The van der Waals surface area contributed by atoms with Crippen LogP contribution < -0.4 is 0 Å². The third-order valence-electron chi connectivity index (χ3n) is 1.02. The Kier molecular flexibility index (Phi) is 3.90. The molecule has 52 valence electrons. The average Bonchev–Trinajstić information content (AvgIpc) is 1.89. The fourth-order valence-electron chi connectivity index (χ4n) is 0.459. The zero-order valence-electron chi connectivity index (χ0n) is 5.87. The third-order valence-corrected chi connectivity index (χ3v) is 1.02. The maximum Gasteiger partial charge on any atom is 0.150 e. The number of carbonyl (C=O) groups is 1. The van der Waals surface area contributed by atoms with Crippen molar-refractivity contribution in [2.24, 2.45) is 5.92 Å². The zero-order chi connectivity index (χ0) is 7.98. The summed E-state index contributed by atoms with van der Waals surface area (Å²) in [5.41, 5.74) is 0. The largest absolute Gasteiger partial charge is 0.298 e. The van der Waals surface area contributed by atoms with E-state index in [0.717, 1.165) is 0 Å². The minimum absolute atomic E-state index is 0.138. The highest BCUT2D eigenvalue weighted by Gasteiger charge is 2.06. The molecule has 0 amide bonds. The molecule has 1 unspecified atom stereocenters. The number of Topliss-reactive ketones (excluding diaryl/α,β-unsaturated/α-hetero) is 1. The summed E-state index contributed by atoms with van der Waals surface area (Å²) in [6, 6.07) is 1.85. The van der Waals surface area contributed by atoms with Crippen LogP contribution in [0, 0.1) is 17.2 Å². The molecule has 0 radical (unpaired) electrons. The van der Waals surface area contributed by atoms with Gasteiger partial charge in [-0.2, -0.15) is 5.26 Å². The van der Waals surface area contributed by atoms with Gasteiger partial charge in [0.05, 0.1) is 6.07 Å².